The molecule has 1 heterocycles. The molecule has 0 radical (unpaired) electrons. The maximum absolute atomic E-state index is 11.7. The zero-order valence-electron chi connectivity index (χ0n) is 8.17. The largest absolute Gasteiger partial charge is 0.492 e. The maximum Gasteiger partial charge on any atom is 0.180 e. The molecule has 0 aliphatic carbocycles. The van der Waals surface area contributed by atoms with Crippen molar-refractivity contribution in [2.45, 2.75) is 6.42 Å². The molecule has 0 atom stereocenters. The first kappa shape index (κ1) is 9.21. The van der Waals surface area contributed by atoms with E-state index in [1.807, 2.05) is 18.2 Å². The monoisotopic (exact) mass is 191 g/mol. The molecule has 1 aliphatic heterocycles. The summed E-state index contributed by atoms with van der Waals surface area (Å²) in [6, 6.07) is 5.75. The SMILES string of the molecule is CNCC(=O)c1cccc2c1OCC2. The average molecular weight is 191 g/mol. The number of hydrogen-bond donors (Lipinski definition) is 1. The van der Waals surface area contributed by atoms with E-state index < -0.39 is 0 Å². The Bertz CT molecular complexity index is 360. The van der Waals surface area contributed by atoms with E-state index in [4.69, 9.17) is 4.74 Å². The zero-order chi connectivity index (χ0) is 9.97. The molecule has 1 N–H and O–H groups in total. The quantitative estimate of drug-likeness (QED) is 0.725. The topological polar surface area (TPSA) is 38.3 Å². The summed E-state index contributed by atoms with van der Waals surface area (Å²) in [4.78, 5) is 11.7. The van der Waals surface area contributed by atoms with E-state index in [1.54, 1.807) is 7.05 Å². The molecule has 1 aromatic carbocycles. The van der Waals surface area contributed by atoms with Crippen molar-refractivity contribution < 1.29 is 9.53 Å². The van der Waals surface area contributed by atoms with Crippen LogP contribution in [0.15, 0.2) is 18.2 Å². The van der Waals surface area contributed by atoms with Crippen molar-refractivity contribution in [2.75, 3.05) is 20.2 Å². The molecular weight excluding hydrogens is 178 g/mol. The average Bonchev–Trinajstić information content (AvgIpc) is 2.65. The number of ketones is 1. The standard InChI is InChI=1S/C11H13NO2/c1-12-7-10(13)9-4-2-3-8-5-6-14-11(8)9/h2-4,12H,5-7H2,1H3. The number of carbonyl (C=O) groups is 1. The lowest BCUT2D eigenvalue weighted by molar-refractivity contribution is 0.0990. The van der Waals surface area contributed by atoms with E-state index in [0.29, 0.717) is 18.7 Å². The number of fused-ring (bicyclic) bond motifs is 1. The number of ether oxygens (including phenoxy) is 1. The Hall–Kier alpha value is -1.35. The number of carbonyl (C=O) groups excluding carboxylic acids is 1. The molecule has 0 bridgehead atoms. The van der Waals surface area contributed by atoms with Gasteiger partial charge in [-0.05, 0) is 18.7 Å². The van der Waals surface area contributed by atoms with Crippen molar-refractivity contribution in [3.8, 4) is 5.75 Å². The first-order valence-electron chi connectivity index (χ1n) is 4.75. The van der Waals surface area contributed by atoms with Crippen LogP contribution in [-0.4, -0.2) is 26.0 Å². The van der Waals surface area contributed by atoms with Gasteiger partial charge in [-0.3, -0.25) is 4.79 Å². The number of Topliss-reactive ketones (excluding diaryl/α,β-unsaturated/α-hetero) is 1. The summed E-state index contributed by atoms with van der Waals surface area (Å²) in [6.45, 7) is 1.05. The summed E-state index contributed by atoms with van der Waals surface area (Å²) in [6.07, 6.45) is 0.913. The second kappa shape index (κ2) is 3.80. The van der Waals surface area contributed by atoms with Gasteiger partial charge in [-0.15, -0.1) is 0 Å². The predicted molar refractivity (Wildman–Crippen MR) is 53.9 cm³/mol. The summed E-state index contributed by atoms with van der Waals surface area (Å²) >= 11 is 0. The first-order chi connectivity index (χ1) is 6.83. The zero-order valence-corrected chi connectivity index (χ0v) is 8.17. The molecule has 0 spiro atoms. The van der Waals surface area contributed by atoms with Crippen LogP contribution in [0.1, 0.15) is 15.9 Å². The van der Waals surface area contributed by atoms with Crippen molar-refractivity contribution in [3.63, 3.8) is 0 Å². The number of hydrogen-bond acceptors (Lipinski definition) is 3. The van der Waals surface area contributed by atoms with Gasteiger partial charge in [0.15, 0.2) is 5.78 Å². The molecule has 14 heavy (non-hydrogen) atoms. The Morgan fingerprint density at radius 3 is 3.21 bits per heavy atom. The van der Waals surface area contributed by atoms with Crippen molar-refractivity contribution >= 4 is 5.78 Å². The van der Waals surface area contributed by atoms with Gasteiger partial charge >= 0.3 is 0 Å². The van der Waals surface area contributed by atoms with Crippen molar-refractivity contribution in [3.05, 3.63) is 29.3 Å². The van der Waals surface area contributed by atoms with E-state index in [0.717, 1.165) is 17.7 Å². The van der Waals surface area contributed by atoms with Crippen molar-refractivity contribution in [1.29, 1.82) is 0 Å². The number of rotatable bonds is 3. The summed E-state index contributed by atoms with van der Waals surface area (Å²) in [5.74, 6) is 0.874. The lowest BCUT2D eigenvalue weighted by Gasteiger charge is -2.06. The van der Waals surface area contributed by atoms with Crippen LogP contribution < -0.4 is 10.1 Å². The van der Waals surface area contributed by atoms with Crippen LogP contribution in [0.3, 0.4) is 0 Å². The first-order valence-corrected chi connectivity index (χ1v) is 4.75. The van der Waals surface area contributed by atoms with E-state index in [2.05, 4.69) is 5.32 Å². The summed E-state index contributed by atoms with van der Waals surface area (Å²) < 4.78 is 5.45. The molecule has 0 saturated carbocycles. The third kappa shape index (κ3) is 1.51. The van der Waals surface area contributed by atoms with Crippen LogP contribution in [0.25, 0.3) is 0 Å². The third-order valence-electron chi connectivity index (χ3n) is 2.35. The highest BCUT2D eigenvalue weighted by Gasteiger charge is 2.19. The van der Waals surface area contributed by atoms with E-state index >= 15 is 0 Å². The molecule has 3 heteroatoms. The number of para-hydroxylation sites is 1. The lowest BCUT2D eigenvalue weighted by Crippen LogP contribution is -2.19. The van der Waals surface area contributed by atoms with E-state index in [1.165, 1.54) is 0 Å². The van der Waals surface area contributed by atoms with Gasteiger partial charge in [0.2, 0.25) is 0 Å². The van der Waals surface area contributed by atoms with Gasteiger partial charge in [-0.1, -0.05) is 12.1 Å². The molecule has 0 unspecified atom stereocenters. The van der Waals surface area contributed by atoms with Crippen molar-refractivity contribution in [2.24, 2.45) is 0 Å². The summed E-state index contributed by atoms with van der Waals surface area (Å²) in [5, 5.41) is 2.85. The Kier molecular flexibility index (Phi) is 2.50. The fourth-order valence-electron chi connectivity index (χ4n) is 1.69. The van der Waals surface area contributed by atoms with Crippen LogP contribution in [0.4, 0.5) is 0 Å². The predicted octanol–water partition coefficient (Wildman–Crippen LogP) is 1.02. The van der Waals surface area contributed by atoms with Crippen LogP contribution in [0.2, 0.25) is 0 Å². The molecule has 74 valence electrons. The number of nitrogens with one attached hydrogen (secondary N) is 1. The minimum atomic E-state index is 0.0891. The molecule has 0 aromatic heterocycles. The third-order valence-corrected chi connectivity index (χ3v) is 2.35. The van der Waals surface area contributed by atoms with Crippen LogP contribution in [-0.2, 0) is 6.42 Å². The van der Waals surface area contributed by atoms with Crippen LogP contribution in [0, 0.1) is 0 Å². The van der Waals surface area contributed by atoms with E-state index in [9.17, 15) is 4.79 Å². The lowest BCUT2D eigenvalue weighted by atomic mass is 10.0. The molecular formula is C11H13NO2. The fourth-order valence-corrected chi connectivity index (χ4v) is 1.69. The van der Waals surface area contributed by atoms with Gasteiger partial charge in [-0.2, -0.15) is 0 Å². The Morgan fingerprint density at radius 2 is 2.43 bits per heavy atom. The molecule has 1 aliphatic rings. The number of benzene rings is 1. The second-order valence-corrected chi connectivity index (χ2v) is 3.35. The van der Waals surface area contributed by atoms with Gasteiger partial charge in [0.25, 0.3) is 0 Å². The van der Waals surface area contributed by atoms with Gasteiger partial charge in [-0.25, -0.2) is 0 Å². The van der Waals surface area contributed by atoms with Crippen LogP contribution in [0.5, 0.6) is 5.75 Å². The van der Waals surface area contributed by atoms with Gasteiger partial charge in [0.1, 0.15) is 5.75 Å². The minimum Gasteiger partial charge on any atom is -0.492 e. The fraction of sp³-hybridized carbons (Fsp3) is 0.364. The summed E-state index contributed by atoms with van der Waals surface area (Å²) in [5.41, 5.74) is 1.85. The normalized spacial score (nSPS) is 13.5. The van der Waals surface area contributed by atoms with E-state index in [-0.39, 0.29) is 5.78 Å². The molecule has 1 aromatic rings. The molecule has 0 saturated heterocycles. The highest BCUT2D eigenvalue weighted by molar-refractivity contribution is 6.00. The van der Waals surface area contributed by atoms with Gasteiger partial charge < -0.3 is 10.1 Å². The summed E-state index contributed by atoms with van der Waals surface area (Å²) in [7, 11) is 1.77. The molecule has 0 amide bonds. The highest BCUT2D eigenvalue weighted by Crippen LogP contribution is 2.29. The molecule has 2 rings (SSSR count). The molecule has 0 fully saturated rings. The maximum atomic E-state index is 11.7. The second-order valence-electron chi connectivity index (χ2n) is 3.35. The van der Waals surface area contributed by atoms with Crippen LogP contribution >= 0.6 is 0 Å². The van der Waals surface area contributed by atoms with Crippen molar-refractivity contribution in [1.82, 2.24) is 5.32 Å². The number of likely N-dealkylation sites (N-methyl/N-ethyl adjacent to an activating group) is 1. The Labute approximate surface area is 83.1 Å². The Balaban J connectivity index is 2.34. The molecule has 3 nitrogen and oxygen atoms in total. The van der Waals surface area contributed by atoms with Gasteiger partial charge in [0, 0.05) is 6.42 Å². The Morgan fingerprint density at radius 1 is 1.57 bits per heavy atom. The minimum absolute atomic E-state index is 0.0891. The van der Waals surface area contributed by atoms with Gasteiger partial charge in [0.05, 0.1) is 18.7 Å². The highest BCUT2D eigenvalue weighted by atomic mass is 16.5. The smallest absolute Gasteiger partial charge is 0.180 e.